The van der Waals surface area contributed by atoms with Crippen molar-refractivity contribution >= 4 is 27.3 Å². The zero-order valence-electron chi connectivity index (χ0n) is 11.1. The number of hydrazone groups is 1. The smallest absolute Gasteiger partial charge is 0.276 e. The first-order valence-corrected chi connectivity index (χ1v) is 7.86. The molecular weight excluding hydrogens is 312 g/mol. The van der Waals surface area contributed by atoms with Gasteiger partial charge in [0.15, 0.2) is 0 Å². The van der Waals surface area contributed by atoms with Gasteiger partial charge in [-0.3, -0.25) is 0 Å². The van der Waals surface area contributed by atoms with Crippen molar-refractivity contribution in [1.82, 2.24) is 4.83 Å². The summed E-state index contributed by atoms with van der Waals surface area (Å²) >= 11 is 5.72. The molecule has 0 saturated heterocycles. The van der Waals surface area contributed by atoms with E-state index in [0.29, 0.717) is 16.3 Å². The van der Waals surface area contributed by atoms with Gasteiger partial charge in [-0.1, -0.05) is 11.6 Å². The second-order valence-corrected chi connectivity index (χ2v) is 6.39. The quantitative estimate of drug-likeness (QED) is 0.670. The molecular formula is C14H13ClN2O3S. The van der Waals surface area contributed by atoms with Gasteiger partial charge in [-0.25, -0.2) is 0 Å². The number of phenols is 1. The largest absolute Gasteiger partial charge is 0.508 e. The van der Waals surface area contributed by atoms with Crippen molar-refractivity contribution < 1.29 is 13.5 Å². The maximum Gasteiger partial charge on any atom is 0.276 e. The highest BCUT2D eigenvalue weighted by Crippen LogP contribution is 2.14. The summed E-state index contributed by atoms with van der Waals surface area (Å²) < 4.78 is 24.1. The van der Waals surface area contributed by atoms with Crippen molar-refractivity contribution in [2.24, 2.45) is 5.10 Å². The summed E-state index contributed by atoms with van der Waals surface area (Å²) in [6, 6.07) is 12.1. The van der Waals surface area contributed by atoms with Crippen molar-refractivity contribution in [2.45, 2.75) is 11.8 Å². The van der Waals surface area contributed by atoms with Gasteiger partial charge in [-0.15, -0.1) is 0 Å². The SMILES string of the molecule is CC(=NNS(=O)(=O)c1ccc(Cl)cc1)c1ccc(O)cc1. The number of hydrogen-bond donors (Lipinski definition) is 2. The zero-order valence-corrected chi connectivity index (χ0v) is 12.7. The molecule has 0 aliphatic heterocycles. The second-order valence-electron chi connectivity index (χ2n) is 4.29. The Balaban J connectivity index is 2.18. The Hall–Kier alpha value is -2.05. The Bertz CT molecular complexity index is 754. The molecule has 2 N–H and O–H groups in total. The maximum absolute atomic E-state index is 12.0. The lowest BCUT2D eigenvalue weighted by molar-refractivity contribution is 0.475. The summed E-state index contributed by atoms with van der Waals surface area (Å²) in [6.07, 6.45) is 0. The summed E-state index contributed by atoms with van der Waals surface area (Å²) in [4.78, 5) is 2.24. The molecule has 0 amide bonds. The molecule has 0 heterocycles. The number of nitrogens with zero attached hydrogens (tertiary/aromatic N) is 1. The second kappa shape index (κ2) is 6.15. The van der Waals surface area contributed by atoms with Crippen LogP contribution in [-0.2, 0) is 10.0 Å². The van der Waals surface area contributed by atoms with E-state index in [2.05, 4.69) is 9.93 Å². The molecule has 2 rings (SSSR count). The number of phenolic OH excluding ortho intramolecular Hbond substituents is 1. The third-order valence-corrected chi connectivity index (χ3v) is 4.22. The molecule has 0 atom stereocenters. The van der Waals surface area contributed by atoms with Gasteiger partial charge in [0.2, 0.25) is 0 Å². The molecule has 7 heteroatoms. The standard InChI is InChI=1S/C14H13ClN2O3S/c1-10(11-2-6-13(18)7-3-11)16-17-21(19,20)14-8-4-12(15)5-9-14/h2-9,17-18H,1H3. The molecule has 0 saturated carbocycles. The van der Waals surface area contributed by atoms with Crippen LogP contribution < -0.4 is 4.83 Å². The Labute approximate surface area is 127 Å². The van der Waals surface area contributed by atoms with E-state index in [1.807, 2.05) is 0 Å². The fourth-order valence-corrected chi connectivity index (χ4v) is 2.55. The lowest BCUT2D eigenvalue weighted by Gasteiger charge is -2.05. The molecule has 0 radical (unpaired) electrons. The van der Waals surface area contributed by atoms with Crippen molar-refractivity contribution in [3.8, 4) is 5.75 Å². The van der Waals surface area contributed by atoms with E-state index in [4.69, 9.17) is 11.6 Å². The Morgan fingerprint density at radius 2 is 1.67 bits per heavy atom. The van der Waals surface area contributed by atoms with Gasteiger partial charge in [0.05, 0.1) is 10.6 Å². The third kappa shape index (κ3) is 3.96. The van der Waals surface area contributed by atoms with Gasteiger partial charge in [-0.05, 0) is 61.0 Å². The predicted molar refractivity (Wildman–Crippen MR) is 82.1 cm³/mol. The van der Waals surface area contributed by atoms with Crippen LogP contribution in [-0.4, -0.2) is 19.2 Å². The minimum absolute atomic E-state index is 0.0779. The molecule has 0 aromatic heterocycles. The summed E-state index contributed by atoms with van der Waals surface area (Å²) in [7, 11) is -3.73. The van der Waals surface area contributed by atoms with E-state index >= 15 is 0 Å². The lowest BCUT2D eigenvalue weighted by Crippen LogP contribution is -2.19. The zero-order chi connectivity index (χ0) is 15.5. The van der Waals surface area contributed by atoms with Gasteiger partial charge < -0.3 is 5.11 Å². The minimum Gasteiger partial charge on any atom is -0.508 e. The van der Waals surface area contributed by atoms with Crippen LogP contribution in [0.25, 0.3) is 0 Å². The van der Waals surface area contributed by atoms with Crippen LogP contribution in [0.2, 0.25) is 5.02 Å². The fraction of sp³-hybridized carbons (Fsp3) is 0.0714. The highest BCUT2D eigenvalue weighted by molar-refractivity contribution is 7.89. The minimum atomic E-state index is -3.73. The highest BCUT2D eigenvalue weighted by Gasteiger charge is 2.12. The van der Waals surface area contributed by atoms with E-state index < -0.39 is 10.0 Å². The van der Waals surface area contributed by atoms with Gasteiger partial charge in [-0.2, -0.15) is 18.4 Å². The molecule has 21 heavy (non-hydrogen) atoms. The summed E-state index contributed by atoms with van der Waals surface area (Å²) in [5.41, 5.74) is 1.18. The van der Waals surface area contributed by atoms with Crippen molar-refractivity contribution in [3.63, 3.8) is 0 Å². The van der Waals surface area contributed by atoms with E-state index in [0.717, 1.165) is 0 Å². The van der Waals surface area contributed by atoms with Crippen LogP contribution in [0.3, 0.4) is 0 Å². The van der Waals surface area contributed by atoms with Crippen LogP contribution in [0.1, 0.15) is 12.5 Å². The molecule has 0 spiro atoms. The third-order valence-electron chi connectivity index (χ3n) is 2.74. The monoisotopic (exact) mass is 324 g/mol. The number of sulfonamides is 1. The molecule has 0 aliphatic carbocycles. The number of halogens is 1. The number of rotatable bonds is 4. The van der Waals surface area contributed by atoms with Crippen LogP contribution in [0.15, 0.2) is 58.5 Å². The Morgan fingerprint density at radius 1 is 1.10 bits per heavy atom. The fourth-order valence-electron chi connectivity index (χ4n) is 1.56. The molecule has 5 nitrogen and oxygen atoms in total. The van der Waals surface area contributed by atoms with Crippen LogP contribution in [0.4, 0.5) is 0 Å². The first kappa shape index (κ1) is 15.3. The van der Waals surface area contributed by atoms with Gasteiger partial charge in [0.25, 0.3) is 10.0 Å². The van der Waals surface area contributed by atoms with Gasteiger partial charge in [0, 0.05) is 5.02 Å². The topological polar surface area (TPSA) is 78.8 Å². The molecule has 110 valence electrons. The van der Waals surface area contributed by atoms with E-state index in [1.54, 1.807) is 19.1 Å². The van der Waals surface area contributed by atoms with E-state index in [-0.39, 0.29) is 10.6 Å². The summed E-state index contributed by atoms with van der Waals surface area (Å²) in [5, 5.41) is 13.5. The van der Waals surface area contributed by atoms with Crippen molar-refractivity contribution in [3.05, 3.63) is 59.1 Å². The van der Waals surface area contributed by atoms with Gasteiger partial charge in [0.1, 0.15) is 5.75 Å². The summed E-state index contributed by atoms with van der Waals surface area (Å²) in [5.74, 6) is 0.133. The van der Waals surface area contributed by atoms with E-state index in [9.17, 15) is 13.5 Å². The van der Waals surface area contributed by atoms with Crippen LogP contribution >= 0.6 is 11.6 Å². The number of aromatic hydroxyl groups is 1. The van der Waals surface area contributed by atoms with E-state index in [1.165, 1.54) is 36.4 Å². The Morgan fingerprint density at radius 3 is 2.24 bits per heavy atom. The number of hydrogen-bond acceptors (Lipinski definition) is 4. The average molecular weight is 325 g/mol. The highest BCUT2D eigenvalue weighted by atomic mass is 35.5. The molecule has 2 aromatic rings. The number of nitrogens with one attached hydrogen (secondary N) is 1. The molecule has 0 bridgehead atoms. The average Bonchev–Trinajstić information content (AvgIpc) is 2.46. The molecule has 0 fully saturated rings. The normalized spacial score (nSPS) is 12.2. The van der Waals surface area contributed by atoms with Crippen LogP contribution in [0, 0.1) is 0 Å². The van der Waals surface area contributed by atoms with Crippen LogP contribution in [0.5, 0.6) is 5.75 Å². The molecule has 0 aliphatic rings. The van der Waals surface area contributed by atoms with Crippen molar-refractivity contribution in [2.75, 3.05) is 0 Å². The molecule has 0 unspecified atom stereocenters. The summed E-state index contributed by atoms with van der Waals surface area (Å²) in [6.45, 7) is 1.66. The molecule has 2 aromatic carbocycles. The predicted octanol–water partition coefficient (Wildman–Crippen LogP) is 2.75. The van der Waals surface area contributed by atoms with Gasteiger partial charge >= 0.3 is 0 Å². The first-order chi connectivity index (χ1) is 9.88. The number of benzene rings is 2. The Kier molecular flexibility index (Phi) is 4.50. The maximum atomic E-state index is 12.0. The van der Waals surface area contributed by atoms with Crippen molar-refractivity contribution in [1.29, 1.82) is 0 Å². The lowest BCUT2D eigenvalue weighted by atomic mass is 10.1. The first-order valence-electron chi connectivity index (χ1n) is 5.99.